The topological polar surface area (TPSA) is 66.8 Å². The molecule has 6 nitrogen and oxygen atoms in total. The number of hydrogen-bond donors (Lipinski definition) is 1. The van der Waals surface area contributed by atoms with Crippen LogP contribution in [0.4, 0.5) is 0 Å². The van der Waals surface area contributed by atoms with Gasteiger partial charge in [0.15, 0.2) is 5.78 Å². The number of aromatic nitrogens is 4. The van der Waals surface area contributed by atoms with Crippen LogP contribution in [0.15, 0.2) is 43.1 Å². The van der Waals surface area contributed by atoms with E-state index in [0.717, 1.165) is 42.0 Å². The minimum atomic E-state index is 0.0689. The second-order valence-corrected chi connectivity index (χ2v) is 6.56. The number of ketones is 1. The Hall–Kier alpha value is -2.73. The molecule has 0 radical (unpaired) electrons. The molecule has 0 aliphatic carbocycles. The van der Waals surface area contributed by atoms with E-state index in [1.54, 1.807) is 19.4 Å². The van der Waals surface area contributed by atoms with E-state index in [-0.39, 0.29) is 11.8 Å². The number of carbonyl (C=O) groups is 1. The van der Waals surface area contributed by atoms with E-state index >= 15 is 0 Å². The number of H-pyrrole nitrogens is 1. The molecule has 0 saturated heterocycles. The number of aromatic amines is 1. The maximum absolute atomic E-state index is 11.7. The van der Waals surface area contributed by atoms with E-state index in [1.165, 1.54) is 5.69 Å². The van der Waals surface area contributed by atoms with Gasteiger partial charge in [0.05, 0.1) is 18.1 Å². The first kappa shape index (κ1) is 15.8. The Kier molecular flexibility index (Phi) is 3.97. The lowest BCUT2D eigenvalue weighted by Gasteiger charge is -2.35. The molecule has 1 atom stereocenters. The number of aryl methyl sites for hydroxylation is 1. The Morgan fingerprint density at radius 1 is 1.44 bits per heavy atom. The summed E-state index contributed by atoms with van der Waals surface area (Å²) in [5, 5.41) is 0. The predicted molar refractivity (Wildman–Crippen MR) is 94.2 cm³/mol. The predicted octanol–water partition coefficient (Wildman–Crippen LogP) is 2.49. The zero-order chi connectivity index (χ0) is 17.4. The molecule has 4 rings (SSSR count). The molecule has 1 aliphatic heterocycles. The fourth-order valence-electron chi connectivity index (χ4n) is 3.57. The van der Waals surface area contributed by atoms with Gasteiger partial charge in [-0.1, -0.05) is 6.07 Å². The molecule has 25 heavy (non-hydrogen) atoms. The second kappa shape index (κ2) is 6.29. The van der Waals surface area contributed by atoms with Gasteiger partial charge < -0.3 is 9.55 Å². The molecule has 1 unspecified atom stereocenters. The Labute approximate surface area is 146 Å². The van der Waals surface area contributed by atoms with Crippen molar-refractivity contribution in [1.29, 1.82) is 0 Å². The summed E-state index contributed by atoms with van der Waals surface area (Å²) in [4.78, 5) is 26.2. The van der Waals surface area contributed by atoms with Crippen molar-refractivity contribution in [3.63, 3.8) is 0 Å². The lowest BCUT2D eigenvalue weighted by atomic mass is 9.96. The monoisotopic (exact) mass is 335 g/mol. The van der Waals surface area contributed by atoms with Crippen LogP contribution in [0.1, 0.15) is 46.0 Å². The van der Waals surface area contributed by atoms with E-state index in [0.29, 0.717) is 0 Å². The zero-order valence-electron chi connectivity index (χ0n) is 14.4. The molecule has 0 aromatic carbocycles. The van der Waals surface area contributed by atoms with Crippen LogP contribution < -0.4 is 0 Å². The Morgan fingerprint density at radius 3 is 3.04 bits per heavy atom. The minimum absolute atomic E-state index is 0.0689. The summed E-state index contributed by atoms with van der Waals surface area (Å²) < 4.78 is 2.04. The van der Waals surface area contributed by atoms with Gasteiger partial charge in [-0.05, 0) is 24.6 Å². The van der Waals surface area contributed by atoms with Crippen molar-refractivity contribution >= 4 is 5.78 Å². The van der Waals surface area contributed by atoms with Gasteiger partial charge in [0.25, 0.3) is 0 Å². The molecule has 6 heteroatoms. The van der Waals surface area contributed by atoms with Gasteiger partial charge in [-0.3, -0.25) is 14.7 Å². The van der Waals surface area contributed by atoms with Crippen LogP contribution in [0.25, 0.3) is 0 Å². The van der Waals surface area contributed by atoms with Gasteiger partial charge in [0.1, 0.15) is 0 Å². The van der Waals surface area contributed by atoms with Crippen molar-refractivity contribution in [3.8, 4) is 0 Å². The Balaban J connectivity index is 1.70. The quantitative estimate of drug-likeness (QED) is 0.744. The summed E-state index contributed by atoms with van der Waals surface area (Å²) in [6, 6.07) is 6.12. The number of nitrogens with one attached hydrogen (secondary N) is 1. The number of imidazole rings is 1. The summed E-state index contributed by atoms with van der Waals surface area (Å²) in [5.41, 5.74) is 5.28. The maximum Gasteiger partial charge on any atom is 0.161 e. The van der Waals surface area contributed by atoms with Crippen LogP contribution in [0.5, 0.6) is 0 Å². The SMILES string of the molecule is CC(=O)c1cc(CN2CCc3[nH]cnc3C2c2cccnc2)n(C)c1. The van der Waals surface area contributed by atoms with E-state index < -0.39 is 0 Å². The smallest absolute Gasteiger partial charge is 0.161 e. The number of carbonyl (C=O) groups excluding carboxylic acids is 1. The van der Waals surface area contributed by atoms with Crippen LogP contribution in [0.2, 0.25) is 0 Å². The van der Waals surface area contributed by atoms with E-state index in [4.69, 9.17) is 0 Å². The van der Waals surface area contributed by atoms with Crippen LogP contribution in [0, 0.1) is 0 Å². The van der Waals surface area contributed by atoms with Crippen LogP contribution in [-0.4, -0.2) is 36.7 Å². The second-order valence-electron chi connectivity index (χ2n) is 6.56. The fraction of sp³-hybridized carbons (Fsp3) is 0.316. The van der Waals surface area contributed by atoms with Crippen molar-refractivity contribution in [2.24, 2.45) is 7.05 Å². The van der Waals surface area contributed by atoms with Gasteiger partial charge in [-0.15, -0.1) is 0 Å². The number of fused-ring (bicyclic) bond motifs is 1. The van der Waals surface area contributed by atoms with Crippen molar-refractivity contribution in [3.05, 3.63) is 71.3 Å². The molecular formula is C19H21N5O. The highest BCUT2D eigenvalue weighted by Crippen LogP contribution is 2.34. The third kappa shape index (κ3) is 2.89. The molecule has 128 valence electrons. The van der Waals surface area contributed by atoms with Gasteiger partial charge >= 0.3 is 0 Å². The van der Waals surface area contributed by atoms with Gasteiger partial charge in [0.2, 0.25) is 0 Å². The van der Waals surface area contributed by atoms with Gasteiger partial charge in [-0.25, -0.2) is 4.98 Å². The van der Waals surface area contributed by atoms with Crippen LogP contribution >= 0.6 is 0 Å². The molecule has 0 amide bonds. The summed E-state index contributed by atoms with van der Waals surface area (Å²) >= 11 is 0. The van der Waals surface area contributed by atoms with E-state index in [2.05, 4.69) is 25.9 Å². The summed E-state index contributed by atoms with van der Waals surface area (Å²) in [6.07, 6.45) is 8.32. The average molecular weight is 335 g/mol. The zero-order valence-corrected chi connectivity index (χ0v) is 14.4. The molecule has 1 N–H and O–H groups in total. The third-order valence-electron chi connectivity index (χ3n) is 4.90. The average Bonchev–Trinajstić information content (AvgIpc) is 3.22. The van der Waals surface area contributed by atoms with Crippen LogP contribution in [-0.2, 0) is 20.0 Å². The Morgan fingerprint density at radius 2 is 2.32 bits per heavy atom. The van der Waals surface area contributed by atoms with Crippen molar-refractivity contribution in [2.75, 3.05) is 6.54 Å². The van der Waals surface area contributed by atoms with E-state index in [9.17, 15) is 4.79 Å². The molecule has 4 heterocycles. The number of rotatable bonds is 4. The van der Waals surface area contributed by atoms with Crippen molar-refractivity contribution < 1.29 is 4.79 Å². The largest absolute Gasteiger partial charge is 0.353 e. The highest BCUT2D eigenvalue weighted by Gasteiger charge is 2.31. The number of pyridine rings is 1. The van der Waals surface area contributed by atoms with Gasteiger partial charge in [-0.2, -0.15) is 0 Å². The molecule has 3 aromatic heterocycles. The van der Waals surface area contributed by atoms with Crippen molar-refractivity contribution in [1.82, 2.24) is 24.4 Å². The first-order chi connectivity index (χ1) is 12.1. The lowest BCUT2D eigenvalue weighted by molar-refractivity contribution is 0.101. The molecule has 0 saturated carbocycles. The van der Waals surface area contributed by atoms with E-state index in [1.807, 2.05) is 36.1 Å². The minimum Gasteiger partial charge on any atom is -0.353 e. The summed E-state index contributed by atoms with van der Waals surface area (Å²) in [6.45, 7) is 3.29. The maximum atomic E-state index is 11.7. The molecular weight excluding hydrogens is 314 g/mol. The third-order valence-corrected chi connectivity index (χ3v) is 4.90. The summed E-state index contributed by atoms with van der Waals surface area (Å²) in [7, 11) is 1.99. The van der Waals surface area contributed by atoms with Crippen molar-refractivity contribution in [2.45, 2.75) is 25.9 Å². The molecule has 1 aliphatic rings. The number of nitrogens with zero attached hydrogens (tertiary/aromatic N) is 4. The first-order valence-electron chi connectivity index (χ1n) is 8.46. The van der Waals surface area contributed by atoms with Crippen LogP contribution in [0.3, 0.4) is 0 Å². The van der Waals surface area contributed by atoms with Gasteiger partial charge in [0, 0.05) is 62.1 Å². The number of Topliss-reactive ketones (excluding diaryl/α,β-unsaturated/α-hetero) is 1. The highest BCUT2D eigenvalue weighted by molar-refractivity contribution is 5.94. The fourth-order valence-corrected chi connectivity index (χ4v) is 3.57. The standard InChI is InChI=1S/C19H21N5O/c1-13(25)15-8-16(23(2)10-15)11-24-7-5-17-18(22-12-21-17)19(24)14-4-3-6-20-9-14/h3-4,6,8-10,12,19H,5,7,11H2,1-2H3,(H,21,22). The molecule has 0 fully saturated rings. The molecule has 3 aromatic rings. The highest BCUT2D eigenvalue weighted by atomic mass is 16.1. The number of hydrogen-bond acceptors (Lipinski definition) is 4. The molecule has 0 bridgehead atoms. The normalized spacial score (nSPS) is 17.4. The Bertz CT molecular complexity index is 896. The molecule has 0 spiro atoms. The first-order valence-corrected chi connectivity index (χ1v) is 8.46. The lowest BCUT2D eigenvalue weighted by Crippen LogP contribution is -2.36. The summed E-state index contributed by atoms with van der Waals surface area (Å²) in [5.74, 6) is 0.0962.